The van der Waals surface area contributed by atoms with Gasteiger partial charge in [-0.2, -0.15) is 4.33 Å². The fourth-order valence-electron chi connectivity index (χ4n) is 2.57. The Balaban J connectivity index is 0.00000225. The first kappa shape index (κ1) is 27.7. The van der Waals surface area contributed by atoms with E-state index in [-0.39, 0.29) is 59.1 Å². The monoisotopic (exact) mass is 470 g/mol. The molecule has 0 saturated carbocycles. The molecule has 0 spiro atoms. The van der Waals surface area contributed by atoms with E-state index in [1.54, 1.807) is 24.3 Å². The van der Waals surface area contributed by atoms with Crippen LogP contribution in [-0.2, 0) is 19.5 Å². The Morgan fingerprint density at radius 3 is 1.63 bits per heavy atom. The summed E-state index contributed by atoms with van der Waals surface area (Å²) in [4.78, 5) is 0.107. The van der Waals surface area contributed by atoms with E-state index < -0.39 is 26.6 Å². The predicted molar refractivity (Wildman–Crippen MR) is 93.2 cm³/mol. The second kappa shape index (κ2) is 12.0. The molecule has 3 rings (SSSR count). The van der Waals surface area contributed by atoms with Gasteiger partial charge in [0.15, 0.2) is 11.6 Å². The van der Waals surface area contributed by atoms with Crippen LogP contribution >= 0.6 is 12.0 Å². The van der Waals surface area contributed by atoms with E-state index in [2.05, 4.69) is 9.37 Å². The predicted octanol–water partition coefficient (Wildman–Crippen LogP) is -2.56. The second-order valence-corrected chi connectivity index (χ2v) is 7.69. The zero-order valence-electron chi connectivity index (χ0n) is 15.8. The number of hydrogen-bond acceptors (Lipinski definition) is 7. The van der Waals surface area contributed by atoms with Gasteiger partial charge in [0.1, 0.15) is 10.1 Å². The minimum atomic E-state index is -4.62. The molecule has 0 radical (unpaired) electrons. The van der Waals surface area contributed by atoms with Crippen molar-refractivity contribution in [1.82, 2.24) is 0 Å². The van der Waals surface area contributed by atoms with Crippen LogP contribution in [0.1, 0.15) is 0 Å². The second-order valence-electron chi connectivity index (χ2n) is 5.53. The smallest absolute Gasteiger partial charge is 0.744 e. The third kappa shape index (κ3) is 6.83. The van der Waals surface area contributed by atoms with Crippen molar-refractivity contribution < 1.29 is 95.5 Å². The SMILES string of the molecule is O=S(=O)([O-])c1ccc(-c2cc(F)c(F)cc2-c2ccc(SOO[O-])cc2)cc1.[Na+].[Na+]. The summed E-state index contributed by atoms with van der Waals surface area (Å²) >= 11 is 0.679. The molecule has 0 aliphatic carbocycles. The molecule has 0 bridgehead atoms. The molecule has 0 unspecified atom stereocenters. The van der Waals surface area contributed by atoms with Gasteiger partial charge in [0.2, 0.25) is 0 Å². The average molecular weight is 470 g/mol. The van der Waals surface area contributed by atoms with Crippen LogP contribution in [0.15, 0.2) is 70.5 Å². The van der Waals surface area contributed by atoms with Crippen molar-refractivity contribution >= 4 is 22.2 Å². The summed E-state index contributed by atoms with van der Waals surface area (Å²) in [5.41, 5.74) is 1.56. The molecule has 0 fully saturated rings. The molecule has 0 atom stereocenters. The third-order valence-corrected chi connectivity index (χ3v) is 5.28. The Morgan fingerprint density at radius 2 is 1.23 bits per heavy atom. The van der Waals surface area contributed by atoms with Gasteiger partial charge in [0.05, 0.1) is 16.9 Å². The van der Waals surface area contributed by atoms with Crippen LogP contribution in [0.3, 0.4) is 0 Å². The average Bonchev–Trinajstić information content (AvgIpc) is 2.68. The van der Waals surface area contributed by atoms with E-state index in [1.807, 2.05) is 0 Å². The van der Waals surface area contributed by atoms with Crippen LogP contribution in [0.4, 0.5) is 8.78 Å². The van der Waals surface area contributed by atoms with Gasteiger partial charge >= 0.3 is 59.1 Å². The van der Waals surface area contributed by atoms with Crippen molar-refractivity contribution in [2.75, 3.05) is 0 Å². The fraction of sp³-hybridized carbons (Fsp3) is 0. The molecular weight excluding hydrogens is 460 g/mol. The van der Waals surface area contributed by atoms with E-state index in [1.165, 1.54) is 12.1 Å². The molecule has 146 valence electrons. The molecule has 30 heavy (non-hydrogen) atoms. The maximum atomic E-state index is 13.9. The van der Waals surface area contributed by atoms with Crippen molar-refractivity contribution in [1.29, 1.82) is 0 Å². The molecule has 0 aliphatic rings. The van der Waals surface area contributed by atoms with E-state index >= 15 is 0 Å². The van der Waals surface area contributed by atoms with Crippen LogP contribution in [0.5, 0.6) is 0 Å². The molecule has 12 heteroatoms. The van der Waals surface area contributed by atoms with Crippen molar-refractivity contribution in [3.63, 3.8) is 0 Å². The maximum absolute atomic E-state index is 13.9. The topological polar surface area (TPSA) is 98.7 Å². The summed E-state index contributed by atoms with van der Waals surface area (Å²) in [6.45, 7) is 0. The van der Waals surface area contributed by atoms with Crippen LogP contribution in [-0.4, -0.2) is 13.0 Å². The summed E-state index contributed by atoms with van der Waals surface area (Å²) in [5.74, 6) is -2.13. The molecule has 3 aromatic carbocycles. The largest absolute Gasteiger partial charge is 1.00 e. The summed E-state index contributed by atoms with van der Waals surface area (Å²) < 4.78 is 65.1. The number of benzene rings is 3. The summed E-state index contributed by atoms with van der Waals surface area (Å²) in [7, 11) is -4.62. The summed E-state index contributed by atoms with van der Waals surface area (Å²) in [5, 5.41) is 13.1. The Bertz CT molecular complexity index is 1090. The quantitative estimate of drug-likeness (QED) is 0.129. The first-order valence-electron chi connectivity index (χ1n) is 7.58. The zero-order valence-corrected chi connectivity index (χ0v) is 21.4. The Kier molecular flexibility index (Phi) is 11.1. The molecule has 0 aliphatic heterocycles. The maximum Gasteiger partial charge on any atom is 1.00 e. The van der Waals surface area contributed by atoms with Gasteiger partial charge < -0.3 is 9.81 Å². The number of hydrogen-bond donors (Lipinski definition) is 0. The summed E-state index contributed by atoms with van der Waals surface area (Å²) in [6, 6.07) is 13.2. The van der Waals surface area contributed by atoms with E-state index in [0.29, 0.717) is 39.2 Å². The van der Waals surface area contributed by atoms with Crippen LogP contribution in [0.25, 0.3) is 22.3 Å². The van der Waals surface area contributed by atoms with Crippen LogP contribution < -0.4 is 64.4 Å². The molecule has 0 aromatic heterocycles. The minimum Gasteiger partial charge on any atom is -0.744 e. The van der Waals surface area contributed by atoms with Gasteiger partial charge in [-0.05, 0) is 58.7 Å². The molecular formula is C18H10F2Na2O6S2. The van der Waals surface area contributed by atoms with Crippen molar-refractivity contribution in [2.45, 2.75) is 9.79 Å². The Hall–Kier alpha value is -0.340. The molecule has 0 saturated heterocycles. The molecule has 6 nitrogen and oxygen atoms in total. The number of rotatable bonds is 6. The van der Waals surface area contributed by atoms with Gasteiger partial charge in [-0.3, -0.25) is 5.04 Å². The van der Waals surface area contributed by atoms with Gasteiger partial charge in [-0.15, -0.1) is 0 Å². The standard InChI is InChI=1S/C18H12F2O6S2.2Na/c19-17-9-15(11-1-5-13(6-2-11)27-26-25-21)16(10-18(17)20)12-3-7-14(8-4-12)28(22,23)24;;/h1-10,21H,(H,22,23,24);;/q;2*+1/p-2. The first-order chi connectivity index (χ1) is 13.3. The van der Waals surface area contributed by atoms with Crippen molar-refractivity contribution in [2.24, 2.45) is 0 Å². The van der Waals surface area contributed by atoms with E-state index in [0.717, 1.165) is 24.3 Å². The normalized spacial score (nSPS) is 10.8. The molecule has 0 heterocycles. The van der Waals surface area contributed by atoms with Gasteiger partial charge in [0.25, 0.3) is 0 Å². The number of halogens is 2. The van der Waals surface area contributed by atoms with E-state index in [9.17, 15) is 27.0 Å². The first-order valence-corrected chi connectivity index (χ1v) is 9.73. The molecule has 3 aromatic rings. The third-order valence-electron chi connectivity index (χ3n) is 3.84. The van der Waals surface area contributed by atoms with Crippen LogP contribution in [0, 0.1) is 11.6 Å². The van der Waals surface area contributed by atoms with Gasteiger partial charge in [0, 0.05) is 4.90 Å². The zero-order chi connectivity index (χ0) is 20.3. The van der Waals surface area contributed by atoms with Gasteiger partial charge in [-0.25, -0.2) is 17.2 Å². The van der Waals surface area contributed by atoms with Crippen molar-refractivity contribution in [3.8, 4) is 22.3 Å². The van der Waals surface area contributed by atoms with Crippen LogP contribution in [0.2, 0.25) is 0 Å². The molecule has 0 N–H and O–H groups in total. The fourth-order valence-corrected chi connectivity index (χ4v) is 3.39. The van der Waals surface area contributed by atoms with Crippen molar-refractivity contribution in [3.05, 3.63) is 72.3 Å². The van der Waals surface area contributed by atoms with Gasteiger partial charge in [-0.1, -0.05) is 24.3 Å². The van der Waals surface area contributed by atoms with E-state index in [4.69, 9.17) is 0 Å². The Labute approximate surface area is 220 Å². The minimum absolute atomic E-state index is 0. The summed E-state index contributed by atoms with van der Waals surface area (Å²) in [6.07, 6.45) is 0. The Morgan fingerprint density at radius 1 is 0.800 bits per heavy atom. The molecule has 0 amide bonds.